The zero-order valence-electron chi connectivity index (χ0n) is 13.4. The molecule has 0 saturated heterocycles. The maximum Gasteiger partial charge on any atom is 0.407 e. The Morgan fingerprint density at radius 1 is 1.33 bits per heavy atom. The van der Waals surface area contributed by atoms with Crippen LogP contribution >= 0.6 is 0 Å². The molecule has 5 heteroatoms. The van der Waals surface area contributed by atoms with Crippen molar-refractivity contribution in [2.75, 3.05) is 13.6 Å². The number of amides is 1. The van der Waals surface area contributed by atoms with Crippen LogP contribution in [0.2, 0.25) is 0 Å². The topological polar surface area (TPSA) is 41.6 Å². The van der Waals surface area contributed by atoms with Crippen LogP contribution in [0.4, 0.5) is 9.18 Å². The highest BCUT2D eigenvalue weighted by Crippen LogP contribution is 2.09. The summed E-state index contributed by atoms with van der Waals surface area (Å²) in [7, 11) is 1.96. The minimum absolute atomic E-state index is 0.141. The standard InChI is InChI=1S/C16H25FN2O2/c1-12(10-18-15(20)21-16(2,3)4)19(5)11-13-6-8-14(17)9-7-13/h6-9,12H,10-11H2,1-5H3,(H,18,20). The lowest BCUT2D eigenvalue weighted by atomic mass is 10.2. The first kappa shape index (κ1) is 17.4. The summed E-state index contributed by atoms with van der Waals surface area (Å²) in [6, 6.07) is 6.57. The second-order valence-corrected chi connectivity index (χ2v) is 6.27. The third-order valence-electron chi connectivity index (χ3n) is 3.04. The van der Waals surface area contributed by atoms with Gasteiger partial charge in [0, 0.05) is 19.1 Å². The van der Waals surface area contributed by atoms with E-state index in [2.05, 4.69) is 10.2 Å². The molecular formula is C16H25FN2O2. The molecule has 1 unspecified atom stereocenters. The Kier molecular flexibility index (Phi) is 6.15. The normalized spacial score (nSPS) is 13.1. The van der Waals surface area contributed by atoms with Gasteiger partial charge in [0.1, 0.15) is 11.4 Å². The maximum atomic E-state index is 12.9. The highest BCUT2D eigenvalue weighted by atomic mass is 19.1. The summed E-state index contributed by atoms with van der Waals surface area (Å²) in [5, 5.41) is 2.75. The summed E-state index contributed by atoms with van der Waals surface area (Å²) in [5.41, 5.74) is 0.538. The smallest absolute Gasteiger partial charge is 0.407 e. The molecule has 1 N–H and O–H groups in total. The molecule has 0 aliphatic heterocycles. The lowest BCUT2D eigenvalue weighted by Crippen LogP contribution is -2.41. The number of carbonyl (C=O) groups is 1. The Morgan fingerprint density at radius 3 is 2.43 bits per heavy atom. The number of likely N-dealkylation sites (N-methyl/N-ethyl adjacent to an activating group) is 1. The number of rotatable bonds is 5. The number of hydrogen-bond donors (Lipinski definition) is 1. The van der Waals surface area contributed by atoms with Gasteiger partial charge in [-0.3, -0.25) is 4.90 Å². The van der Waals surface area contributed by atoms with Gasteiger partial charge in [-0.15, -0.1) is 0 Å². The van der Waals surface area contributed by atoms with Crippen molar-refractivity contribution in [3.05, 3.63) is 35.6 Å². The number of benzene rings is 1. The maximum absolute atomic E-state index is 12.9. The number of halogens is 1. The Labute approximate surface area is 126 Å². The molecule has 0 heterocycles. The first-order chi connectivity index (χ1) is 9.67. The van der Waals surface area contributed by atoms with Crippen molar-refractivity contribution in [2.45, 2.75) is 45.9 Å². The predicted molar refractivity (Wildman–Crippen MR) is 81.6 cm³/mol. The first-order valence-electron chi connectivity index (χ1n) is 7.09. The van der Waals surface area contributed by atoms with Gasteiger partial charge < -0.3 is 10.1 Å². The third-order valence-corrected chi connectivity index (χ3v) is 3.04. The number of ether oxygens (including phenoxy) is 1. The van der Waals surface area contributed by atoms with Crippen LogP contribution in [-0.2, 0) is 11.3 Å². The van der Waals surface area contributed by atoms with Gasteiger partial charge in [0.25, 0.3) is 0 Å². The Balaban J connectivity index is 2.39. The highest BCUT2D eigenvalue weighted by Gasteiger charge is 2.17. The zero-order valence-corrected chi connectivity index (χ0v) is 13.4. The van der Waals surface area contributed by atoms with Crippen LogP contribution < -0.4 is 5.32 Å². The van der Waals surface area contributed by atoms with Gasteiger partial charge >= 0.3 is 6.09 Å². The molecule has 0 saturated carbocycles. The molecule has 1 aromatic carbocycles. The number of alkyl carbamates (subject to hydrolysis) is 1. The molecule has 1 amide bonds. The number of nitrogens with one attached hydrogen (secondary N) is 1. The molecule has 0 radical (unpaired) electrons. The molecule has 0 spiro atoms. The van der Waals surface area contributed by atoms with E-state index >= 15 is 0 Å². The van der Waals surface area contributed by atoms with Crippen LogP contribution in [0.1, 0.15) is 33.3 Å². The molecule has 0 aliphatic carbocycles. The summed E-state index contributed by atoms with van der Waals surface area (Å²) in [6.07, 6.45) is -0.412. The SMILES string of the molecule is CC(CNC(=O)OC(C)(C)C)N(C)Cc1ccc(F)cc1. The second-order valence-electron chi connectivity index (χ2n) is 6.27. The summed E-state index contributed by atoms with van der Waals surface area (Å²) < 4.78 is 18.0. The lowest BCUT2D eigenvalue weighted by molar-refractivity contribution is 0.0512. The molecule has 1 rings (SSSR count). The van der Waals surface area contributed by atoms with Crippen molar-refractivity contribution in [3.8, 4) is 0 Å². The van der Waals surface area contributed by atoms with Crippen molar-refractivity contribution in [2.24, 2.45) is 0 Å². The van der Waals surface area contributed by atoms with E-state index in [1.165, 1.54) is 12.1 Å². The van der Waals surface area contributed by atoms with Crippen molar-refractivity contribution in [1.82, 2.24) is 10.2 Å². The predicted octanol–water partition coefficient (Wildman–Crippen LogP) is 3.17. The van der Waals surface area contributed by atoms with E-state index in [1.54, 1.807) is 12.1 Å². The van der Waals surface area contributed by atoms with Crippen LogP contribution in [0, 0.1) is 5.82 Å². The average molecular weight is 296 g/mol. The Hall–Kier alpha value is -1.62. The molecule has 0 aliphatic rings. The Morgan fingerprint density at radius 2 is 1.90 bits per heavy atom. The van der Waals surface area contributed by atoms with Crippen molar-refractivity contribution in [3.63, 3.8) is 0 Å². The average Bonchev–Trinajstić information content (AvgIpc) is 2.36. The van der Waals surface area contributed by atoms with Crippen LogP contribution in [0.5, 0.6) is 0 Å². The molecule has 0 bridgehead atoms. The molecular weight excluding hydrogens is 271 g/mol. The minimum atomic E-state index is -0.493. The van der Waals surface area contributed by atoms with E-state index in [1.807, 2.05) is 34.7 Å². The largest absolute Gasteiger partial charge is 0.444 e. The quantitative estimate of drug-likeness (QED) is 0.907. The van der Waals surface area contributed by atoms with Gasteiger partial charge in [0.2, 0.25) is 0 Å². The lowest BCUT2D eigenvalue weighted by Gasteiger charge is -2.26. The van der Waals surface area contributed by atoms with Crippen molar-refractivity contribution in [1.29, 1.82) is 0 Å². The zero-order chi connectivity index (χ0) is 16.0. The summed E-state index contributed by atoms with van der Waals surface area (Å²) in [6.45, 7) is 8.69. The summed E-state index contributed by atoms with van der Waals surface area (Å²) in [5.74, 6) is -0.235. The molecule has 1 atom stereocenters. The monoisotopic (exact) mass is 296 g/mol. The molecule has 0 fully saturated rings. The van der Waals surface area contributed by atoms with Gasteiger partial charge in [-0.2, -0.15) is 0 Å². The van der Waals surface area contributed by atoms with Crippen LogP contribution in [0.15, 0.2) is 24.3 Å². The number of hydrogen-bond acceptors (Lipinski definition) is 3. The second kappa shape index (κ2) is 7.41. The fourth-order valence-corrected chi connectivity index (χ4v) is 1.73. The van der Waals surface area contributed by atoms with Gasteiger partial charge in [-0.05, 0) is 52.4 Å². The minimum Gasteiger partial charge on any atom is -0.444 e. The number of carbonyl (C=O) groups excluding carboxylic acids is 1. The summed E-state index contributed by atoms with van der Waals surface area (Å²) in [4.78, 5) is 13.7. The van der Waals surface area contributed by atoms with E-state index in [9.17, 15) is 9.18 Å². The van der Waals surface area contributed by atoms with Crippen molar-refractivity contribution >= 4 is 6.09 Å². The fraction of sp³-hybridized carbons (Fsp3) is 0.562. The first-order valence-corrected chi connectivity index (χ1v) is 7.09. The van der Waals surface area contributed by atoms with E-state index in [-0.39, 0.29) is 11.9 Å². The van der Waals surface area contributed by atoms with Crippen LogP contribution in [0.3, 0.4) is 0 Å². The van der Waals surface area contributed by atoms with Gasteiger partial charge in [0.05, 0.1) is 0 Å². The van der Waals surface area contributed by atoms with Crippen LogP contribution in [0.25, 0.3) is 0 Å². The number of nitrogens with zero attached hydrogens (tertiary/aromatic N) is 1. The molecule has 118 valence electrons. The Bertz CT molecular complexity index is 454. The molecule has 4 nitrogen and oxygen atoms in total. The molecule has 1 aromatic rings. The fourth-order valence-electron chi connectivity index (χ4n) is 1.73. The van der Waals surface area contributed by atoms with E-state index in [0.717, 1.165) is 5.56 Å². The summed E-state index contributed by atoms with van der Waals surface area (Å²) >= 11 is 0. The van der Waals surface area contributed by atoms with Gasteiger partial charge in [0.15, 0.2) is 0 Å². The van der Waals surface area contributed by atoms with E-state index in [4.69, 9.17) is 4.74 Å². The highest BCUT2D eigenvalue weighted by molar-refractivity contribution is 5.67. The molecule has 21 heavy (non-hydrogen) atoms. The van der Waals surface area contributed by atoms with E-state index in [0.29, 0.717) is 13.1 Å². The third kappa shape index (κ3) is 7.09. The van der Waals surface area contributed by atoms with E-state index < -0.39 is 11.7 Å². The molecule has 0 aromatic heterocycles. The van der Waals surface area contributed by atoms with Crippen molar-refractivity contribution < 1.29 is 13.9 Å². The van der Waals surface area contributed by atoms with Gasteiger partial charge in [-0.25, -0.2) is 9.18 Å². The van der Waals surface area contributed by atoms with Crippen LogP contribution in [-0.4, -0.2) is 36.2 Å². The van der Waals surface area contributed by atoms with Gasteiger partial charge in [-0.1, -0.05) is 12.1 Å².